The minimum atomic E-state index is 0.430. The van der Waals surface area contributed by atoms with E-state index < -0.39 is 0 Å². The normalized spacial score (nSPS) is 18.6. The Morgan fingerprint density at radius 1 is 1.44 bits per heavy atom. The number of nitrogen functional groups attached to an aromatic ring is 1. The van der Waals surface area contributed by atoms with Gasteiger partial charge < -0.3 is 11.1 Å². The molecule has 1 saturated carbocycles. The van der Waals surface area contributed by atoms with E-state index in [2.05, 4.69) is 17.2 Å². The maximum absolute atomic E-state index is 5.92. The number of anilines is 2. The first-order chi connectivity index (χ1) is 7.59. The number of nitrogens with one attached hydrogen (secondary N) is 1. The minimum Gasteiger partial charge on any atom is -0.396 e. The van der Waals surface area contributed by atoms with E-state index in [1.165, 1.54) is 25.7 Å². The predicted octanol–water partition coefficient (Wildman–Crippen LogP) is 2.96. The first-order valence-electron chi connectivity index (χ1n) is 6.05. The van der Waals surface area contributed by atoms with Crippen LogP contribution < -0.4 is 11.1 Å². The van der Waals surface area contributed by atoms with Gasteiger partial charge in [0.25, 0.3) is 0 Å². The monoisotopic (exact) mass is 219 g/mol. The van der Waals surface area contributed by atoms with Gasteiger partial charge in [0.05, 0.1) is 5.69 Å². The van der Waals surface area contributed by atoms with Crippen LogP contribution in [-0.2, 0) is 0 Å². The zero-order valence-electron chi connectivity index (χ0n) is 10.2. The summed E-state index contributed by atoms with van der Waals surface area (Å²) in [5.41, 5.74) is 8.21. The van der Waals surface area contributed by atoms with Gasteiger partial charge in [0.1, 0.15) is 5.82 Å². The Hall–Kier alpha value is -1.25. The second-order valence-electron chi connectivity index (χ2n) is 5.32. The molecular weight excluding hydrogens is 198 g/mol. The summed E-state index contributed by atoms with van der Waals surface area (Å²) in [7, 11) is 0. The van der Waals surface area contributed by atoms with Crippen molar-refractivity contribution in [3.05, 3.63) is 17.8 Å². The molecule has 0 bridgehead atoms. The fourth-order valence-corrected chi connectivity index (χ4v) is 2.44. The number of aryl methyl sites for hydroxylation is 1. The summed E-state index contributed by atoms with van der Waals surface area (Å²) in [5.74, 6) is 0.832. The molecule has 0 radical (unpaired) electrons. The smallest absolute Gasteiger partial charge is 0.149 e. The largest absolute Gasteiger partial charge is 0.396 e. The lowest BCUT2D eigenvalue weighted by Crippen LogP contribution is -2.23. The molecule has 2 rings (SSSR count). The lowest BCUT2D eigenvalue weighted by molar-refractivity contribution is 0.361. The Kier molecular flexibility index (Phi) is 3.03. The van der Waals surface area contributed by atoms with Gasteiger partial charge in [-0.15, -0.1) is 0 Å². The number of pyridine rings is 1. The molecule has 88 valence electrons. The van der Waals surface area contributed by atoms with E-state index in [0.717, 1.165) is 23.6 Å². The highest BCUT2D eigenvalue weighted by molar-refractivity contribution is 5.61. The van der Waals surface area contributed by atoms with Crippen molar-refractivity contribution in [1.82, 2.24) is 4.98 Å². The van der Waals surface area contributed by atoms with E-state index in [1.807, 2.05) is 19.2 Å². The average molecular weight is 219 g/mol. The SMILES string of the molecule is Cc1cnc(NCC2(C)CCCC2)c(N)c1. The van der Waals surface area contributed by atoms with Crippen molar-refractivity contribution in [2.24, 2.45) is 5.41 Å². The molecule has 3 heteroatoms. The molecule has 1 fully saturated rings. The summed E-state index contributed by atoms with van der Waals surface area (Å²) in [6, 6.07) is 1.96. The molecule has 3 nitrogen and oxygen atoms in total. The van der Waals surface area contributed by atoms with Crippen LogP contribution in [0.15, 0.2) is 12.3 Å². The molecule has 0 spiro atoms. The van der Waals surface area contributed by atoms with Crippen molar-refractivity contribution < 1.29 is 0 Å². The highest BCUT2D eigenvalue weighted by atomic mass is 15.0. The molecule has 16 heavy (non-hydrogen) atoms. The van der Waals surface area contributed by atoms with E-state index in [1.54, 1.807) is 0 Å². The zero-order valence-corrected chi connectivity index (χ0v) is 10.2. The molecule has 0 aromatic carbocycles. The third-order valence-electron chi connectivity index (χ3n) is 3.55. The maximum Gasteiger partial charge on any atom is 0.149 e. The number of rotatable bonds is 3. The molecule has 0 saturated heterocycles. The van der Waals surface area contributed by atoms with E-state index in [4.69, 9.17) is 5.73 Å². The van der Waals surface area contributed by atoms with Crippen molar-refractivity contribution in [2.45, 2.75) is 39.5 Å². The Balaban J connectivity index is 1.99. The van der Waals surface area contributed by atoms with Gasteiger partial charge >= 0.3 is 0 Å². The summed E-state index contributed by atoms with van der Waals surface area (Å²) in [6.07, 6.45) is 7.19. The van der Waals surface area contributed by atoms with Gasteiger partial charge in [-0.2, -0.15) is 0 Å². The van der Waals surface area contributed by atoms with Crippen LogP contribution in [0.3, 0.4) is 0 Å². The van der Waals surface area contributed by atoms with Crippen LogP contribution in [-0.4, -0.2) is 11.5 Å². The molecule has 3 N–H and O–H groups in total. The fourth-order valence-electron chi connectivity index (χ4n) is 2.44. The zero-order chi connectivity index (χ0) is 11.6. The fraction of sp³-hybridized carbons (Fsp3) is 0.615. The Morgan fingerprint density at radius 3 is 2.75 bits per heavy atom. The number of hydrogen-bond donors (Lipinski definition) is 2. The van der Waals surface area contributed by atoms with Crippen molar-refractivity contribution in [3.8, 4) is 0 Å². The highest BCUT2D eigenvalue weighted by Gasteiger charge is 2.28. The second kappa shape index (κ2) is 4.32. The molecular formula is C13H21N3. The minimum absolute atomic E-state index is 0.430. The van der Waals surface area contributed by atoms with Crippen molar-refractivity contribution in [1.29, 1.82) is 0 Å². The second-order valence-corrected chi connectivity index (χ2v) is 5.32. The molecule has 0 aliphatic heterocycles. The molecule has 1 aliphatic rings. The van der Waals surface area contributed by atoms with E-state index in [-0.39, 0.29) is 0 Å². The predicted molar refractivity (Wildman–Crippen MR) is 68.5 cm³/mol. The number of nitrogens with zero attached hydrogens (tertiary/aromatic N) is 1. The Labute approximate surface area is 97.5 Å². The average Bonchev–Trinajstić information content (AvgIpc) is 2.64. The van der Waals surface area contributed by atoms with Crippen LogP contribution in [0.1, 0.15) is 38.2 Å². The lowest BCUT2D eigenvalue weighted by Gasteiger charge is -2.24. The lowest BCUT2D eigenvalue weighted by atomic mass is 9.89. The van der Waals surface area contributed by atoms with Crippen LogP contribution in [0.4, 0.5) is 11.5 Å². The van der Waals surface area contributed by atoms with Crippen molar-refractivity contribution in [3.63, 3.8) is 0 Å². The van der Waals surface area contributed by atoms with Gasteiger partial charge in [0, 0.05) is 12.7 Å². The molecule has 0 atom stereocenters. The topological polar surface area (TPSA) is 50.9 Å². The Bertz CT molecular complexity index is 367. The Morgan fingerprint density at radius 2 is 2.12 bits per heavy atom. The number of hydrogen-bond acceptors (Lipinski definition) is 3. The summed E-state index contributed by atoms with van der Waals surface area (Å²) < 4.78 is 0. The molecule has 0 amide bonds. The molecule has 1 heterocycles. The van der Waals surface area contributed by atoms with Crippen LogP contribution in [0.25, 0.3) is 0 Å². The van der Waals surface area contributed by atoms with Crippen LogP contribution in [0.5, 0.6) is 0 Å². The maximum atomic E-state index is 5.92. The number of nitrogens with two attached hydrogens (primary N) is 1. The van der Waals surface area contributed by atoms with E-state index in [9.17, 15) is 0 Å². The highest BCUT2D eigenvalue weighted by Crippen LogP contribution is 2.37. The summed E-state index contributed by atoms with van der Waals surface area (Å²) >= 11 is 0. The van der Waals surface area contributed by atoms with Gasteiger partial charge in [0.15, 0.2) is 0 Å². The van der Waals surface area contributed by atoms with Crippen molar-refractivity contribution >= 4 is 11.5 Å². The summed E-state index contributed by atoms with van der Waals surface area (Å²) in [5, 5.41) is 3.39. The van der Waals surface area contributed by atoms with Gasteiger partial charge in [0.2, 0.25) is 0 Å². The molecule has 1 aromatic heterocycles. The quantitative estimate of drug-likeness (QED) is 0.821. The third kappa shape index (κ3) is 2.46. The summed E-state index contributed by atoms with van der Waals surface area (Å²) in [6.45, 7) is 5.33. The van der Waals surface area contributed by atoms with Crippen LogP contribution in [0, 0.1) is 12.3 Å². The van der Waals surface area contributed by atoms with Gasteiger partial charge in [-0.05, 0) is 36.8 Å². The standard InChI is InChI=1S/C13H21N3/c1-10-7-11(14)12(15-8-10)16-9-13(2)5-3-4-6-13/h7-8H,3-6,9,14H2,1-2H3,(H,15,16). The first kappa shape index (κ1) is 11.2. The number of aromatic nitrogens is 1. The van der Waals surface area contributed by atoms with Gasteiger partial charge in [-0.25, -0.2) is 4.98 Å². The van der Waals surface area contributed by atoms with Crippen molar-refractivity contribution in [2.75, 3.05) is 17.6 Å². The molecule has 1 aliphatic carbocycles. The third-order valence-corrected chi connectivity index (χ3v) is 3.55. The van der Waals surface area contributed by atoms with E-state index >= 15 is 0 Å². The van der Waals surface area contributed by atoms with Crippen LogP contribution in [0.2, 0.25) is 0 Å². The van der Waals surface area contributed by atoms with Gasteiger partial charge in [-0.3, -0.25) is 0 Å². The van der Waals surface area contributed by atoms with E-state index in [0.29, 0.717) is 5.41 Å². The summed E-state index contributed by atoms with van der Waals surface area (Å²) in [4.78, 5) is 4.33. The molecule has 0 unspecified atom stereocenters. The van der Waals surface area contributed by atoms with Gasteiger partial charge in [-0.1, -0.05) is 19.8 Å². The first-order valence-corrected chi connectivity index (χ1v) is 6.05. The molecule has 1 aromatic rings. The van der Waals surface area contributed by atoms with Crippen LogP contribution >= 0.6 is 0 Å².